The van der Waals surface area contributed by atoms with Crippen LogP contribution in [0.25, 0.3) is 11.1 Å². The summed E-state index contributed by atoms with van der Waals surface area (Å²) in [5.41, 5.74) is 8.86. The second kappa shape index (κ2) is 7.75. The SMILES string of the molecule is CC/C=C/C(=O)Nc1cc(-c2cnc(N)c(C(C)=N)c2)ccc1Cl. The lowest BCUT2D eigenvalue weighted by Crippen LogP contribution is -2.08. The number of halogens is 1. The highest BCUT2D eigenvalue weighted by molar-refractivity contribution is 6.34. The molecule has 24 heavy (non-hydrogen) atoms. The van der Waals surface area contributed by atoms with Gasteiger partial charge < -0.3 is 16.5 Å². The van der Waals surface area contributed by atoms with E-state index < -0.39 is 0 Å². The average Bonchev–Trinajstić information content (AvgIpc) is 2.55. The van der Waals surface area contributed by atoms with E-state index in [0.717, 1.165) is 17.5 Å². The quantitative estimate of drug-likeness (QED) is 0.559. The first-order valence-corrected chi connectivity index (χ1v) is 7.88. The molecule has 0 fully saturated rings. The van der Waals surface area contributed by atoms with Gasteiger partial charge in [0, 0.05) is 23.0 Å². The Labute approximate surface area is 146 Å². The average molecular weight is 343 g/mol. The van der Waals surface area contributed by atoms with Gasteiger partial charge in [-0.15, -0.1) is 0 Å². The summed E-state index contributed by atoms with van der Waals surface area (Å²) in [6.07, 6.45) is 5.66. The summed E-state index contributed by atoms with van der Waals surface area (Å²) >= 11 is 6.16. The van der Waals surface area contributed by atoms with E-state index in [1.54, 1.807) is 37.4 Å². The molecule has 4 N–H and O–H groups in total. The molecular weight excluding hydrogens is 324 g/mol. The molecule has 2 rings (SSSR count). The molecule has 0 radical (unpaired) electrons. The molecule has 0 aliphatic heterocycles. The fourth-order valence-electron chi connectivity index (χ4n) is 2.13. The van der Waals surface area contributed by atoms with Crippen molar-refractivity contribution in [3.63, 3.8) is 0 Å². The van der Waals surface area contributed by atoms with Crippen molar-refractivity contribution < 1.29 is 4.79 Å². The molecular formula is C18H19ClN4O. The van der Waals surface area contributed by atoms with E-state index in [2.05, 4.69) is 10.3 Å². The molecule has 0 saturated heterocycles. The van der Waals surface area contributed by atoms with Crippen LogP contribution in [0.4, 0.5) is 11.5 Å². The van der Waals surface area contributed by atoms with Gasteiger partial charge in [0.25, 0.3) is 0 Å². The standard InChI is InChI=1S/C18H19ClN4O/c1-3-4-5-17(24)23-16-9-12(6-7-15(16)19)13-8-14(11(2)20)18(21)22-10-13/h4-10,20H,3H2,1-2H3,(H2,21,22)(H,23,24)/b5-4+,20-11?. The second-order valence-electron chi connectivity index (χ2n) is 5.28. The number of nitrogens with zero attached hydrogens (tertiary/aromatic N) is 1. The molecule has 2 aromatic rings. The maximum absolute atomic E-state index is 11.8. The Bertz CT molecular complexity index is 815. The van der Waals surface area contributed by atoms with Gasteiger partial charge >= 0.3 is 0 Å². The fraction of sp³-hybridized carbons (Fsp3) is 0.167. The fourth-order valence-corrected chi connectivity index (χ4v) is 2.30. The Balaban J connectivity index is 2.37. The van der Waals surface area contributed by atoms with E-state index in [1.807, 2.05) is 13.0 Å². The number of carbonyl (C=O) groups excluding carboxylic acids is 1. The number of nitrogens with two attached hydrogens (primary N) is 1. The van der Waals surface area contributed by atoms with Gasteiger partial charge in [-0.3, -0.25) is 4.79 Å². The monoisotopic (exact) mass is 342 g/mol. The first-order valence-electron chi connectivity index (χ1n) is 7.51. The van der Waals surface area contributed by atoms with Gasteiger partial charge in [-0.05, 0) is 43.2 Å². The van der Waals surface area contributed by atoms with Crippen LogP contribution in [0.2, 0.25) is 5.02 Å². The van der Waals surface area contributed by atoms with E-state index in [9.17, 15) is 4.79 Å². The molecule has 0 aliphatic rings. The predicted molar refractivity (Wildman–Crippen MR) is 99.7 cm³/mol. The third kappa shape index (κ3) is 4.20. The Morgan fingerprint density at radius 2 is 2.12 bits per heavy atom. The molecule has 124 valence electrons. The van der Waals surface area contributed by atoms with E-state index in [-0.39, 0.29) is 5.91 Å². The molecule has 5 nitrogen and oxygen atoms in total. The Hall–Kier alpha value is -2.66. The lowest BCUT2D eigenvalue weighted by molar-refractivity contribution is -0.111. The number of hydrogen-bond acceptors (Lipinski definition) is 4. The predicted octanol–water partition coefficient (Wildman–Crippen LogP) is 4.28. The maximum atomic E-state index is 11.8. The Kier molecular flexibility index (Phi) is 5.71. The van der Waals surface area contributed by atoms with Crippen LogP contribution in [0, 0.1) is 5.41 Å². The number of amides is 1. The molecule has 0 unspecified atom stereocenters. The summed E-state index contributed by atoms with van der Waals surface area (Å²) in [6.45, 7) is 3.61. The number of nitrogen functional groups attached to an aromatic ring is 1. The number of benzene rings is 1. The molecule has 0 saturated carbocycles. The summed E-state index contributed by atoms with van der Waals surface area (Å²) in [6, 6.07) is 7.12. The van der Waals surface area contributed by atoms with Crippen molar-refractivity contribution in [1.29, 1.82) is 5.41 Å². The molecule has 1 heterocycles. The number of carbonyl (C=O) groups is 1. The van der Waals surface area contributed by atoms with Crippen LogP contribution >= 0.6 is 11.6 Å². The van der Waals surface area contributed by atoms with Gasteiger partial charge in [-0.25, -0.2) is 4.98 Å². The summed E-state index contributed by atoms with van der Waals surface area (Å²) < 4.78 is 0. The Morgan fingerprint density at radius 1 is 1.38 bits per heavy atom. The molecule has 6 heteroatoms. The van der Waals surface area contributed by atoms with Gasteiger partial charge in [-0.1, -0.05) is 30.7 Å². The van der Waals surface area contributed by atoms with Crippen molar-refractivity contribution in [3.8, 4) is 11.1 Å². The van der Waals surface area contributed by atoms with Crippen LogP contribution in [-0.2, 0) is 4.79 Å². The number of pyridine rings is 1. The van der Waals surface area contributed by atoms with E-state index in [4.69, 9.17) is 22.7 Å². The highest BCUT2D eigenvalue weighted by Gasteiger charge is 2.09. The maximum Gasteiger partial charge on any atom is 0.248 e. The second-order valence-corrected chi connectivity index (χ2v) is 5.68. The van der Waals surface area contributed by atoms with Crippen molar-refractivity contribution in [2.45, 2.75) is 20.3 Å². The number of rotatable bonds is 5. The Morgan fingerprint density at radius 3 is 2.79 bits per heavy atom. The van der Waals surface area contributed by atoms with Crippen molar-refractivity contribution in [2.75, 3.05) is 11.1 Å². The van der Waals surface area contributed by atoms with Crippen molar-refractivity contribution in [2.24, 2.45) is 0 Å². The van der Waals surface area contributed by atoms with Crippen LogP contribution in [-0.4, -0.2) is 16.6 Å². The largest absolute Gasteiger partial charge is 0.383 e. The lowest BCUT2D eigenvalue weighted by Gasteiger charge is -2.10. The third-order valence-electron chi connectivity index (χ3n) is 3.39. The minimum absolute atomic E-state index is 0.234. The van der Waals surface area contributed by atoms with Crippen molar-refractivity contribution in [3.05, 3.63) is 53.2 Å². The zero-order valence-electron chi connectivity index (χ0n) is 13.6. The van der Waals surface area contributed by atoms with Crippen LogP contribution in [0.1, 0.15) is 25.8 Å². The number of nitrogens with one attached hydrogen (secondary N) is 2. The first kappa shape index (κ1) is 17.7. The third-order valence-corrected chi connectivity index (χ3v) is 3.71. The van der Waals surface area contributed by atoms with Gasteiger partial charge in [0.2, 0.25) is 5.91 Å². The zero-order valence-corrected chi connectivity index (χ0v) is 14.3. The van der Waals surface area contributed by atoms with Crippen molar-refractivity contribution >= 4 is 34.7 Å². The number of allylic oxidation sites excluding steroid dienone is 1. The van der Waals surface area contributed by atoms with Crippen LogP contribution < -0.4 is 11.1 Å². The normalized spacial score (nSPS) is 10.8. The summed E-state index contributed by atoms with van der Waals surface area (Å²) in [5.74, 6) is 0.0841. The summed E-state index contributed by atoms with van der Waals surface area (Å²) in [7, 11) is 0. The minimum Gasteiger partial charge on any atom is -0.383 e. The number of hydrogen-bond donors (Lipinski definition) is 3. The van der Waals surface area contributed by atoms with Crippen molar-refractivity contribution in [1.82, 2.24) is 4.98 Å². The number of aromatic nitrogens is 1. The van der Waals surface area contributed by atoms with E-state index in [0.29, 0.717) is 27.8 Å². The molecule has 0 bridgehead atoms. The highest BCUT2D eigenvalue weighted by atomic mass is 35.5. The molecule has 0 spiro atoms. The molecule has 0 atom stereocenters. The van der Waals surface area contributed by atoms with E-state index in [1.165, 1.54) is 6.08 Å². The van der Waals surface area contributed by atoms with Crippen LogP contribution in [0.3, 0.4) is 0 Å². The first-order chi connectivity index (χ1) is 11.4. The minimum atomic E-state index is -0.234. The lowest BCUT2D eigenvalue weighted by atomic mass is 10.0. The van der Waals surface area contributed by atoms with Gasteiger partial charge in [-0.2, -0.15) is 0 Å². The van der Waals surface area contributed by atoms with E-state index >= 15 is 0 Å². The zero-order chi connectivity index (χ0) is 17.7. The van der Waals surface area contributed by atoms with Crippen LogP contribution in [0.5, 0.6) is 0 Å². The van der Waals surface area contributed by atoms with Gasteiger partial charge in [0.1, 0.15) is 5.82 Å². The van der Waals surface area contributed by atoms with Gasteiger partial charge in [0.05, 0.1) is 10.7 Å². The summed E-state index contributed by atoms with van der Waals surface area (Å²) in [5, 5.41) is 11.0. The highest BCUT2D eigenvalue weighted by Crippen LogP contribution is 2.30. The van der Waals surface area contributed by atoms with Gasteiger partial charge in [0.15, 0.2) is 0 Å². The molecule has 1 amide bonds. The topological polar surface area (TPSA) is 91.9 Å². The molecule has 1 aromatic carbocycles. The smallest absolute Gasteiger partial charge is 0.248 e. The summed E-state index contributed by atoms with van der Waals surface area (Å²) in [4.78, 5) is 16.0. The van der Waals surface area contributed by atoms with Crippen LogP contribution in [0.15, 0.2) is 42.6 Å². The molecule has 1 aromatic heterocycles. The molecule has 0 aliphatic carbocycles. The number of anilines is 2.